The van der Waals surface area contributed by atoms with Crippen LogP contribution in [0, 0.1) is 31.1 Å². The Morgan fingerprint density at radius 2 is 1.91 bits per heavy atom. The first-order valence-electron chi connectivity index (χ1n) is 8.91. The van der Waals surface area contributed by atoms with Gasteiger partial charge in [-0.3, -0.25) is 4.79 Å². The molecule has 1 aromatic carbocycles. The summed E-state index contributed by atoms with van der Waals surface area (Å²) in [5.74, 6) is 1.88. The summed E-state index contributed by atoms with van der Waals surface area (Å²) >= 11 is 4.04. The molecule has 1 N–H and O–H groups in total. The van der Waals surface area contributed by atoms with Crippen LogP contribution in [0.4, 0.5) is 5.69 Å². The topological polar surface area (TPSA) is 29.1 Å². The third kappa shape index (κ3) is 2.97. The van der Waals surface area contributed by atoms with Gasteiger partial charge in [0.25, 0.3) is 0 Å². The number of benzene rings is 1. The largest absolute Gasteiger partial charge is 0.326 e. The number of hydrogen-bond acceptors (Lipinski definition) is 1. The average molecular weight is 376 g/mol. The predicted molar refractivity (Wildman–Crippen MR) is 97.9 cm³/mol. The van der Waals surface area contributed by atoms with Crippen LogP contribution in [-0.4, -0.2) is 10.2 Å². The second-order valence-corrected chi connectivity index (χ2v) is 10.3. The number of halogens is 1. The third-order valence-electron chi connectivity index (χ3n) is 6.30. The lowest BCUT2D eigenvalue weighted by Gasteiger charge is -2.60. The zero-order valence-corrected chi connectivity index (χ0v) is 15.7. The van der Waals surface area contributed by atoms with E-state index in [9.17, 15) is 4.79 Å². The molecule has 23 heavy (non-hydrogen) atoms. The highest BCUT2D eigenvalue weighted by atomic mass is 79.9. The number of alkyl halides is 1. The fourth-order valence-electron chi connectivity index (χ4n) is 6.03. The minimum absolute atomic E-state index is 0.204. The first-order chi connectivity index (χ1) is 10.8. The van der Waals surface area contributed by atoms with Gasteiger partial charge in [-0.1, -0.05) is 33.6 Å². The van der Waals surface area contributed by atoms with Crippen LogP contribution in [0.2, 0.25) is 0 Å². The maximum Gasteiger partial charge on any atom is 0.224 e. The van der Waals surface area contributed by atoms with Crippen LogP contribution in [-0.2, 0) is 4.79 Å². The number of nitrogens with one attached hydrogen (secondary N) is 1. The molecule has 2 atom stereocenters. The lowest BCUT2D eigenvalue weighted by molar-refractivity contribution is -0.123. The summed E-state index contributed by atoms with van der Waals surface area (Å²) in [6.07, 6.45) is 8.45. The number of anilines is 1. The Hall–Kier alpha value is -0.830. The van der Waals surface area contributed by atoms with Crippen LogP contribution in [0.15, 0.2) is 18.2 Å². The molecule has 0 saturated heterocycles. The molecule has 1 aromatic rings. The number of carbonyl (C=O) groups is 1. The van der Waals surface area contributed by atoms with Crippen LogP contribution in [0.3, 0.4) is 0 Å². The van der Waals surface area contributed by atoms with E-state index in [0.717, 1.165) is 23.1 Å². The van der Waals surface area contributed by atoms with E-state index in [0.29, 0.717) is 10.7 Å². The molecule has 124 valence electrons. The van der Waals surface area contributed by atoms with Crippen molar-refractivity contribution >= 4 is 27.5 Å². The predicted octanol–water partition coefficient (Wildman–Crippen LogP) is 5.37. The summed E-state index contributed by atoms with van der Waals surface area (Å²) in [5.41, 5.74) is 3.61. The van der Waals surface area contributed by atoms with Gasteiger partial charge in [0.1, 0.15) is 0 Å². The van der Waals surface area contributed by atoms with Gasteiger partial charge < -0.3 is 5.32 Å². The first-order valence-corrected chi connectivity index (χ1v) is 9.70. The second kappa shape index (κ2) is 5.34. The van der Waals surface area contributed by atoms with Crippen molar-refractivity contribution in [2.45, 2.75) is 63.1 Å². The number of aryl methyl sites for hydroxylation is 2. The molecule has 1 amide bonds. The molecule has 5 rings (SSSR count). The van der Waals surface area contributed by atoms with Gasteiger partial charge in [-0.25, -0.2) is 0 Å². The van der Waals surface area contributed by atoms with Crippen molar-refractivity contribution in [1.29, 1.82) is 0 Å². The second-order valence-electron chi connectivity index (χ2n) is 8.66. The molecule has 0 aromatic heterocycles. The standard InChI is InChI=1S/C20H26BrNO/c1-13-3-4-17(14(2)5-13)22-18(23)11-19-7-15-6-16(8-19)10-20(21,9-15)12-19/h3-5,15-16H,6-12H2,1-2H3,(H,22,23). The van der Waals surface area contributed by atoms with Crippen molar-refractivity contribution in [2.24, 2.45) is 17.3 Å². The van der Waals surface area contributed by atoms with Gasteiger partial charge >= 0.3 is 0 Å². The summed E-state index contributed by atoms with van der Waals surface area (Å²) < 4.78 is 0.330. The molecule has 0 radical (unpaired) electrons. The Kier molecular flexibility index (Phi) is 3.64. The molecule has 0 heterocycles. The Balaban J connectivity index is 1.48. The van der Waals surface area contributed by atoms with Gasteiger partial charge in [0.2, 0.25) is 5.91 Å². The zero-order chi connectivity index (χ0) is 16.2. The van der Waals surface area contributed by atoms with Crippen LogP contribution < -0.4 is 5.32 Å². The van der Waals surface area contributed by atoms with Crippen molar-refractivity contribution in [3.8, 4) is 0 Å². The zero-order valence-electron chi connectivity index (χ0n) is 14.1. The molecule has 4 aliphatic rings. The minimum atomic E-state index is 0.204. The number of amides is 1. The van der Waals surface area contributed by atoms with Crippen LogP contribution in [0.25, 0.3) is 0 Å². The molecule has 0 aliphatic heterocycles. The maximum absolute atomic E-state index is 12.7. The molecule has 4 aliphatic carbocycles. The van der Waals surface area contributed by atoms with E-state index in [1.807, 2.05) is 6.07 Å². The van der Waals surface area contributed by atoms with E-state index >= 15 is 0 Å². The summed E-state index contributed by atoms with van der Waals surface area (Å²) in [7, 11) is 0. The number of rotatable bonds is 3. The minimum Gasteiger partial charge on any atom is -0.326 e. The van der Waals surface area contributed by atoms with Gasteiger partial charge in [-0.15, -0.1) is 0 Å². The van der Waals surface area contributed by atoms with Gasteiger partial charge in [0.15, 0.2) is 0 Å². The molecule has 0 spiro atoms. The van der Waals surface area contributed by atoms with Gasteiger partial charge in [-0.05, 0) is 81.3 Å². The number of carbonyl (C=O) groups excluding carboxylic acids is 1. The Labute approximate surface area is 147 Å². The Bertz CT molecular complexity index is 639. The van der Waals surface area contributed by atoms with E-state index in [1.54, 1.807) is 0 Å². The smallest absolute Gasteiger partial charge is 0.224 e. The van der Waals surface area contributed by atoms with E-state index in [1.165, 1.54) is 44.1 Å². The molecule has 4 fully saturated rings. The van der Waals surface area contributed by atoms with E-state index in [4.69, 9.17) is 0 Å². The lowest BCUT2D eigenvalue weighted by Crippen LogP contribution is -2.53. The van der Waals surface area contributed by atoms with Gasteiger partial charge in [0, 0.05) is 16.4 Å². The van der Waals surface area contributed by atoms with E-state index in [2.05, 4.69) is 47.2 Å². The van der Waals surface area contributed by atoms with Crippen LogP contribution >= 0.6 is 15.9 Å². The normalized spacial score (nSPS) is 37.9. The SMILES string of the molecule is Cc1ccc(NC(=O)CC23CC4CC(CC(Br)(C4)C2)C3)c(C)c1. The fourth-order valence-corrected chi connectivity index (χ4v) is 7.54. The molecule has 3 heteroatoms. The van der Waals surface area contributed by atoms with Gasteiger partial charge in [0.05, 0.1) is 0 Å². The summed E-state index contributed by atoms with van der Waals surface area (Å²) in [4.78, 5) is 12.7. The van der Waals surface area contributed by atoms with Crippen molar-refractivity contribution in [1.82, 2.24) is 0 Å². The third-order valence-corrected chi connectivity index (χ3v) is 7.23. The molecular weight excluding hydrogens is 350 g/mol. The first kappa shape index (κ1) is 15.7. The Morgan fingerprint density at radius 3 is 2.52 bits per heavy atom. The molecule has 4 bridgehead atoms. The van der Waals surface area contributed by atoms with Crippen LogP contribution in [0.1, 0.15) is 56.1 Å². The molecule has 4 saturated carbocycles. The monoisotopic (exact) mass is 375 g/mol. The summed E-state index contributed by atoms with van der Waals surface area (Å²) in [6, 6.07) is 6.24. The highest BCUT2D eigenvalue weighted by Crippen LogP contribution is 2.65. The highest BCUT2D eigenvalue weighted by Gasteiger charge is 2.57. The summed E-state index contributed by atoms with van der Waals surface area (Å²) in [6.45, 7) is 4.16. The van der Waals surface area contributed by atoms with Crippen LogP contribution in [0.5, 0.6) is 0 Å². The average Bonchev–Trinajstić information content (AvgIpc) is 2.38. The van der Waals surface area contributed by atoms with E-state index in [-0.39, 0.29) is 11.3 Å². The Morgan fingerprint density at radius 1 is 1.22 bits per heavy atom. The number of hydrogen-bond donors (Lipinski definition) is 1. The van der Waals surface area contributed by atoms with E-state index < -0.39 is 0 Å². The van der Waals surface area contributed by atoms with Crippen molar-refractivity contribution < 1.29 is 4.79 Å². The molecule has 2 unspecified atom stereocenters. The highest BCUT2D eigenvalue weighted by molar-refractivity contribution is 9.10. The fraction of sp³-hybridized carbons (Fsp3) is 0.650. The van der Waals surface area contributed by atoms with Crippen molar-refractivity contribution in [2.75, 3.05) is 5.32 Å². The van der Waals surface area contributed by atoms with Crippen molar-refractivity contribution in [3.63, 3.8) is 0 Å². The molecule has 2 nitrogen and oxygen atoms in total. The van der Waals surface area contributed by atoms with Gasteiger partial charge in [-0.2, -0.15) is 0 Å². The summed E-state index contributed by atoms with van der Waals surface area (Å²) in [5, 5.41) is 3.17. The maximum atomic E-state index is 12.7. The quantitative estimate of drug-likeness (QED) is 0.707. The lowest BCUT2D eigenvalue weighted by atomic mass is 9.48. The van der Waals surface area contributed by atoms with Crippen molar-refractivity contribution in [3.05, 3.63) is 29.3 Å². The molecular formula is C20H26BrNO.